The van der Waals surface area contributed by atoms with Gasteiger partial charge in [0.05, 0.1) is 0 Å². The third-order valence-corrected chi connectivity index (χ3v) is 1.57. The summed E-state index contributed by atoms with van der Waals surface area (Å²) in [6.45, 7) is 0. The van der Waals surface area contributed by atoms with E-state index in [1.807, 2.05) is 0 Å². The number of hydrogen-bond donors (Lipinski definition) is 2. The van der Waals surface area contributed by atoms with Gasteiger partial charge in [-0.15, -0.1) is 5.10 Å². The Morgan fingerprint density at radius 1 is 1.33 bits per heavy atom. The van der Waals surface area contributed by atoms with E-state index in [1.54, 1.807) is 12.1 Å². The smallest absolute Gasteiger partial charge is 0.423 e. The van der Waals surface area contributed by atoms with Crippen LogP contribution in [0.1, 0.15) is 0 Å². The fourth-order valence-electron chi connectivity index (χ4n) is 0.959. The second-order valence-corrected chi connectivity index (χ2v) is 2.37. The van der Waals surface area contributed by atoms with E-state index >= 15 is 0 Å². The first-order valence-corrected chi connectivity index (χ1v) is 3.35. The lowest BCUT2D eigenvalue weighted by molar-refractivity contribution is 0.424. The Morgan fingerprint density at radius 2 is 2.17 bits per heavy atom. The number of rotatable bonds is 1. The number of benzene rings is 1. The van der Waals surface area contributed by atoms with Gasteiger partial charge in [0, 0.05) is 5.27 Å². The molecule has 0 aliphatic carbocycles. The van der Waals surface area contributed by atoms with E-state index in [1.165, 1.54) is 6.07 Å². The van der Waals surface area contributed by atoms with Crippen LogP contribution >= 0.6 is 0 Å². The van der Waals surface area contributed by atoms with Crippen molar-refractivity contribution in [2.45, 2.75) is 0 Å². The lowest BCUT2D eigenvalue weighted by atomic mass is 9.80. The molecule has 1 aromatic heterocycles. The van der Waals surface area contributed by atoms with Crippen LogP contribution in [-0.2, 0) is 0 Å². The van der Waals surface area contributed by atoms with Crippen LogP contribution in [0.25, 0.3) is 11.1 Å². The summed E-state index contributed by atoms with van der Waals surface area (Å²) < 4.78 is 4.73. The van der Waals surface area contributed by atoms with Crippen molar-refractivity contribution >= 4 is 23.7 Å². The molecule has 2 aromatic rings. The first-order chi connectivity index (χ1) is 5.77. The number of aromatic nitrogens is 2. The predicted molar refractivity (Wildman–Crippen MR) is 41.6 cm³/mol. The van der Waals surface area contributed by atoms with Crippen molar-refractivity contribution in [3.63, 3.8) is 0 Å². The molecule has 0 radical (unpaired) electrons. The van der Waals surface area contributed by atoms with Gasteiger partial charge in [0.15, 0.2) is 5.58 Å². The van der Waals surface area contributed by atoms with Gasteiger partial charge in [-0.1, -0.05) is 6.07 Å². The van der Waals surface area contributed by atoms with E-state index < -0.39 is 7.12 Å². The van der Waals surface area contributed by atoms with Gasteiger partial charge in [-0.25, -0.2) is 0 Å². The third kappa shape index (κ3) is 1.07. The monoisotopic (exact) mass is 164 g/mol. The van der Waals surface area contributed by atoms with Crippen molar-refractivity contribution in [1.29, 1.82) is 0 Å². The maximum atomic E-state index is 8.80. The Labute approximate surface area is 67.7 Å². The first-order valence-electron chi connectivity index (χ1n) is 3.35. The zero-order valence-corrected chi connectivity index (χ0v) is 6.01. The van der Waals surface area contributed by atoms with Crippen molar-refractivity contribution in [1.82, 2.24) is 10.4 Å². The van der Waals surface area contributed by atoms with Crippen molar-refractivity contribution < 1.29 is 14.6 Å². The maximum Gasteiger partial charge on any atom is 0.488 e. The molecule has 0 saturated carbocycles. The summed E-state index contributed by atoms with van der Waals surface area (Å²) in [7, 11) is -1.48. The zero-order chi connectivity index (χ0) is 8.55. The van der Waals surface area contributed by atoms with Crippen LogP contribution in [0.2, 0.25) is 0 Å². The highest BCUT2D eigenvalue weighted by atomic mass is 16.5. The average molecular weight is 164 g/mol. The summed E-state index contributed by atoms with van der Waals surface area (Å²) in [4.78, 5) is 0. The molecule has 0 unspecified atom stereocenters. The quantitative estimate of drug-likeness (QED) is 0.523. The van der Waals surface area contributed by atoms with E-state index in [-0.39, 0.29) is 0 Å². The number of fused-ring (bicyclic) bond motifs is 1. The molecule has 0 bridgehead atoms. The fourth-order valence-corrected chi connectivity index (χ4v) is 0.959. The molecule has 0 spiro atoms. The van der Waals surface area contributed by atoms with Crippen LogP contribution in [-0.4, -0.2) is 27.5 Å². The van der Waals surface area contributed by atoms with Crippen LogP contribution in [0, 0.1) is 0 Å². The van der Waals surface area contributed by atoms with Crippen molar-refractivity contribution in [2.75, 3.05) is 0 Å². The number of nitrogens with zero attached hydrogens (tertiary/aromatic N) is 2. The summed E-state index contributed by atoms with van der Waals surface area (Å²) in [6.07, 6.45) is 0. The van der Waals surface area contributed by atoms with Crippen molar-refractivity contribution in [3.8, 4) is 0 Å². The van der Waals surface area contributed by atoms with Gasteiger partial charge in [0.1, 0.15) is 5.52 Å². The molecule has 1 heterocycles. The molecule has 0 aliphatic rings. The van der Waals surface area contributed by atoms with Gasteiger partial charge in [-0.05, 0) is 17.6 Å². The molecule has 0 saturated heterocycles. The lowest BCUT2D eigenvalue weighted by Gasteiger charge is -1.95. The molecule has 5 nitrogen and oxygen atoms in total. The molecule has 6 heteroatoms. The summed E-state index contributed by atoms with van der Waals surface area (Å²) in [5.41, 5.74) is 1.42. The minimum absolute atomic E-state index is 0.373. The molecule has 1 aromatic carbocycles. The molecule has 0 fully saturated rings. The van der Waals surface area contributed by atoms with Gasteiger partial charge in [-0.3, -0.25) is 0 Å². The largest absolute Gasteiger partial charge is 0.488 e. The van der Waals surface area contributed by atoms with E-state index in [2.05, 4.69) is 10.4 Å². The standard InChI is InChI=1S/C6H5BN2O3/c10-7(11)4-1-2-6-5(3-4)8-9-12-6/h1-3,10-11H. The molecule has 2 N–H and O–H groups in total. The average Bonchev–Trinajstić information content (AvgIpc) is 2.49. The Bertz CT molecular complexity index is 400. The minimum atomic E-state index is -1.48. The summed E-state index contributed by atoms with van der Waals surface area (Å²) in [6, 6.07) is 4.64. The molecule has 60 valence electrons. The molecule has 0 aliphatic heterocycles. The highest BCUT2D eigenvalue weighted by molar-refractivity contribution is 6.58. The van der Waals surface area contributed by atoms with Crippen LogP contribution in [0.5, 0.6) is 0 Å². The minimum Gasteiger partial charge on any atom is -0.423 e. The Hall–Kier alpha value is -1.40. The Balaban J connectivity index is 2.60. The fraction of sp³-hybridized carbons (Fsp3) is 0. The first kappa shape index (κ1) is 7.26. The Kier molecular flexibility index (Phi) is 1.56. The van der Waals surface area contributed by atoms with Crippen LogP contribution in [0.15, 0.2) is 22.7 Å². The highest BCUT2D eigenvalue weighted by Gasteiger charge is 2.12. The second-order valence-electron chi connectivity index (χ2n) is 2.37. The molecule has 12 heavy (non-hydrogen) atoms. The van der Waals surface area contributed by atoms with Crippen LogP contribution < -0.4 is 5.46 Å². The van der Waals surface area contributed by atoms with E-state index in [0.29, 0.717) is 16.6 Å². The molecule has 0 amide bonds. The third-order valence-electron chi connectivity index (χ3n) is 1.57. The van der Waals surface area contributed by atoms with Gasteiger partial charge in [0.25, 0.3) is 0 Å². The van der Waals surface area contributed by atoms with Crippen molar-refractivity contribution in [3.05, 3.63) is 18.2 Å². The zero-order valence-electron chi connectivity index (χ0n) is 6.01. The molecular weight excluding hydrogens is 159 g/mol. The highest BCUT2D eigenvalue weighted by Crippen LogP contribution is 2.06. The predicted octanol–water partition coefficient (Wildman–Crippen LogP) is -1.10. The van der Waals surface area contributed by atoms with E-state index in [9.17, 15) is 0 Å². The second kappa shape index (κ2) is 2.58. The molecular formula is C6H5BN2O3. The van der Waals surface area contributed by atoms with Gasteiger partial charge in [-0.2, -0.15) is 0 Å². The summed E-state index contributed by atoms with van der Waals surface area (Å²) >= 11 is 0. The lowest BCUT2D eigenvalue weighted by Crippen LogP contribution is -2.29. The molecule has 2 rings (SSSR count). The van der Waals surface area contributed by atoms with Gasteiger partial charge >= 0.3 is 7.12 Å². The maximum absolute atomic E-state index is 8.80. The number of hydrogen-bond acceptors (Lipinski definition) is 5. The van der Waals surface area contributed by atoms with Gasteiger partial charge in [0.2, 0.25) is 0 Å². The van der Waals surface area contributed by atoms with Crippen LogP contribution in [0.3, 0.4) is 0 Å². The Morgan fingerprint density at radius 3 is 2.92 bits per heavy atom. The van der Waals surface area contributed by atoms with E-state index in [0.717, 1.165) is 0 Å². The normalized spacial score (nSPS) is 10.5. The molecule has 0 atom stereocenters. The summed E-state index contributed by atoms with van der Waals surface area (Å²) in [5, 5.41) is 24.5. The summed E-state index contributed by atoms with van der Waals surface area (Å²) in [5.74, 6) is 0. The van der Waals surface area contributed by atoms with Crippen LogP contribution in [0.4, 0.5) is 0 Å². The van der Waals surface area contributed by atoms with E-state index in [4.69, 9.17) is 14.6 Å². The van der Waals surface area contributed by atoms with Gasteiger partial charge < -0.3 is 14.6 Å². The SMILES string of the molecule is OB(O)c1ccc2onnc2c1. The van der Waals surface area contributed by atoms with Crippen molar-refractivity contribution in [2.24, 2.45) is 0 Å². The topological polar surface area (TPSA) is 79.4 Å².